The number of aromatic nitrogens is 6. The van der Waals surface area contributed by atoms with E-state index < -0.39 is 23.5 Å². The molecule has 20 heteroatoms. The number of nitrogens with two attached hydrogens (primary N) is 1. The largest absolute Gasteiger partial charge is 0.476 e. The summed E-state index contributed by atoms with van der Waals surface area (Å²) >= 11 is 3.06. The van der Waals surface area contributed by atoms with Crippen LogP contribution in [0.2, 0.25) is 0 Å². The number of fused-ring (bicyclic) bond motifs is 1. The molecule has 5 aromatic heterocycles. The number of carbonyl (C=O) groups is 2. The fraction of sp³-hybridized carbons (Fsp3) is 0.490. The predicted molar refractivity (Wildman–Crippen MR) is 260 cm³/mol. The molecule has 69 heavy (non-hydrogen) atoms. The van der Waals surface area contributed by atoms with E-state index in [0.717, 1.165) is 90.4 Å². The molecule has 2 saturated heterocycles. The summed E-state index contributed by atoms with van der Waals surface area (Å²) in [5.41, 5.74) is 12.4. The standard InChI is InChI=1S/C49H58N12O6S2/c1-28(2)40(46(64)61-26-33(62)21-36(61)45(63)53-24-31-10-12-32(13-11-31)42-30(4)54-27-68-42)37-22-39(57-66-37)65-20-7-6-17-59-18-19-60(29(3)25-59)48-52-16-14-35(55-48)44-56-47(67-58-44)49(5)15-8-9-38-41(49)34(23-50)43(51)69-38/h10-14,16,22,27-29,33,36,40,62H,6-9,15,17-21,24-26,51H2,1-5H3,(H,53,63)/t29-,33+,36-,40?,49-/m0/s1. The quantitative estimate of drug-likeness (QED) is 0.0878. The van der Waals surface area contributed by atoms with Crippen LogP contribution in [0.4, 0.5) is 10.9 Å². The lowest BCUT2D eigenvalue weighted by Gasteiger charge is -2.40. The Bertz CT molecular complexity index is 2820. The number of β-amino-alcohol motifs (C(OH)–C–C–N with tert-alkyl or cyclic N) is 1. The third-order valence-corrected chi connectivity index (χ3v) is 15.7. The molecule has 2 fully saturated rings. The molecule has 1 aromatic carbocycles. The van der Waals surface area contributed by atoms with E-state index in [1.165, 1.54) is 16.2 Å². The summed E-state index contributed by atoms with van der Waals surface area (Å²) in [6, 6.07) is 13.1. The molecule has 4 N–H and O–H groups in total. The minimum atomic E-state index is -0.820. The number of nitriles is 1. The number of aliphatic hydroxyl groups excluding tert-OH is 1. The van der Waals surface area contributed by atoms with Crippen molar-refractivity contribution in [1.82, 2.24) is 45.4 Å². The summed E-state index contributed by atoms with van der Waals surface area (Å²) in [6.07, 6.45) is 5.33. The summed E-state index contributed by atoms with van der Waals surface area (Å²) in [5.74, 6) is 0.587. The molecule has 5 atom stereocenters. The van der Waals surface area contributed by atoms with Crippen LogP contribution in [0.3, 0.4) is 0 Å². The minimum absolute atomic E-state index is 0.0540. The van der Waals surface area contributed by atoms with Crippen molar-refractivity contribution in [3.8, 4) is 33.9 Å². The van der Waals surface area contributed by atoms with Crippen LogP contribution in [0.5, 0.6) is 5.88 Å². The lowest BCUT2D eigenvalue weighted by Crippen LogP contribution is -2.52. The number of aryl methyl sites for hydroxylation is 2. The summed E-state index contributed by atoms with van der Waals surface area (Å²) in [5, 5.41) is 32.5. The van der Waals surface area contributed by atoms with Gasteiger partial charge in [0, 0.05) is 67.9 Å². The van der Waals surface area contributed by atoms with Crippen LogP contribution in [-0.4, -0.2) is 114 Å². The van der Waals surface area contributed by atoms with E-state index in [1.54, 1.807) is 29.7 Å². The Morgan fingerprint density at radius 1 is 1.10 bits per heavy atom. The van der Waals surface area contributed by atoms with Gasteiger partial charge in [-0.3, -0.25) is 14.5 Å². The Labute approximate surface area is 408 Å². The first-order chi connectivity index (χ1) is 33.3. The maximum Gasteiger partial charge on any atom is 0.254 e. The zero-order chi connectivity index (χ0) is 48.4. The van der Waals surface area contributed by atoms with Gasteiger partial charge in [-0.1, -0.05) is 43.3 Å². The number of unbranched alkanes of at least 4 members (excludes halogenated alkanes) is 1. The number of ether oxygens (including phenoxy) is 1. The smallest absolute Gasteiger partial charge is 0.254 e. The van der Waals surface area contributed by atoms with Gasteiger partial charge >= 0.3 is 0 Å². The van der Waals surface area contributed by atoms with Crippen LogP contribution in [0.15, 0.2) is 57.2 Å². The van der Waals surface area contributed by atoms with Crippen molar-refractivity contribution in [2.75, 3.05) is 50.0 Å². The van der Waals surface area contributed by atoms with Gasteiger partial charge in [-0.25, -0.2) is 15.0 Å². The first-order valence-electron chi connectivity index (χ1n) is 23.6. The summed E-state index contributed by atoms with van der Waals surface area (Å²) in [4.78, 5) is 54.6. The molecule has 6 aromatic rings. The van der Waals surface area contributed by atoms with E-state index in [1.807, 2.05) is 57.5 Å². The maximum absolute atomic E-state index is 14.1. The molecule has 2 aliphatic heterocycles. The Kier molecular flexibility index (Phi) is 14.1. The number of amides is 2. The number of hydrogen-bond donors (Lipinski definition) is 3. The summed E-state index contributed by atoms with van der Waals surface area (Å²) in [7, 11) is 0. The molecule has 0 saturated carbocycles. The zero-order valence-corrected chi connectivity index (χ0v) is 41.2. The number of carbonyl (C=O) groups excluding carboxylic acids is 2. The molecule has 9 rings (SSSR count). The van der Waals surface area contributed by atoms with Gasteiger partial charge < -0.3 is 39.7 Å². The van der Waals surface area contributed by atoms with Gasteiger partial charge in [0.05, 0.1) is 39.8 Å². The lowest BCUT2D eigenvalue weighted by molar-refractivity contribution is -0.141. The van der Waals surface area contributed by atoms with E-state index in [9.17, 15) is 20.0 Å². The number of piperazine rings is 1. The molecular formula is C49H58N12O6S2. The number of benzene rings is 1. The molecule has 2 amide bonds. The van der Waals surface area contributed by atoms with Crippen molar-refractivity contribution < 1.29 is 28.5 Å². The molecule has 0 radical (unpaired) electrons. The molecular weight excluding hydrogens is 917 g/mol. The van der Waals surface area contributed by atoms with Crippen molar-refractivity contribution in [2.24, 2.45) is 5.92 Å². The SMILES string of the molecule is Cc1ncsc1-c1ccc(CNC(=O)[C@@H]2C[C@@H](O)CN2C(=O)C(c2cc(OCCCCN3CCN(c4nccc(-c5noc([C@@]6(C)CCCc7sc(N)c(C#N)c76)n5)n4)[C@@H](C)C3)no2)C(C)C)cc1. The number of thiophene rings is 1. The van der Waals surface area contributed by atoms with E-state index in [-0.39, 0.29) is 36.7 Å². The van der Waals surface area contributed by atoms with Gasteiger partial charge in [-0.05, 0) is 87.7 Å². The molecule has 362 valence electrons. The Balaban J connectivity index is 0.734. The first kappa shape index (κ1) is 47.8. The second-order valence-corrected chi connectivity index (χ2v) is 20.9. The van der Waals surface area contributed by atoms with E-state index in [2.05, 4.69) is 48.4 Å². The van der Waals surface area contributed by atoms with E-state index >= 15 is 0 Å². The second kappa shape index (κ2) is 20.4. The Hall–Kier alpha value is -6.27. The summed E-state index contributed by atoms with van der Waals surface area (Å²) in [6.45, 7) is 14.1. The van der Waals surface area contributed by atoms with Crippen molar-refractivity contribution in [3.05, 3.63) is 87.0 Å². The number of aliphatic hydroxyl groups is 1. The third-order valence-electron chi connectivity index (χ3n) is 13.6. The van der Waals surface area contributed by atoms with Crippen LogP contribution >= 0.6 is 22.7 Å². The molecule has 0 bridgehead atoms. The average Bonchev–Trinajstić information content (AvgIpc) is 4.20. The highest BCUT2D eigenvalue weighted by molar-refractivity contribution is 7.16. The monoisotopic (exact) mass is 974 g/mol. The molecule has 7 heterocycles. The van der Waals surface area contributed by atoms with Crippen molar-refractivity contribution in [3.63, 3.8) is 0 Å². The van der Waals surface area contributed by atoms with Crippen LogP contribution in [-0.2, 0) is 28.0 Å². The number of hydrogen-bond acceptors (Lipinski definition) is 18. The Morgan fingerprint density at radius 2 is 1.93 bits per heavy atom. The summed E-state index contributed by atoms with van der Waals surface area (Å²) < 4.78 is 17.6. The number of nitrogen functional groups attached to an aromatic ring is 1. The maximum atomic E-state index is 14.1. The highest BCUT2D eigenvalue weighted by Crippen LogP contribution is 2.48. The lowest BCUT2D eigenvalue weighted by atomic mass is 9.72. The molecule has 1 aliphatic carbocycles. The third kappa shape index (κ3) is 9.96. The number of nitrogens with zero attached hydrogens (tertiary/aromatic N) is 10. The van der Waals surface area contributed by atoms with Gasteiger partial charge in [0.2, 0.25) is 29.5 Å². The topological polar surface area (TPSA) is 239 Å². The van der Waals surface area contributed by atoms with Gasteiger partial charge in [0.1, 0.15) is 28.7 Å². The van der Waals surface area contributed by atoms with Crippen LogP contribution in [0.25, 0.3) is 22.0 Å². The fourth-order valence-corrected chi connectivity index (χ4v) is 12.0. The van der Waals surface area contributed by atoms with Gasteiger partial charge in [-0.2, -0.15) is 10.2 Å². The number of rotatable bonds is 16. The second-order valence-electron chi connectivity index (χ2n) is 18.9. The number of likely N-dealkylation sites (tertiary alicyclic amines) is 1. The average molecular weight is 975 g/mol. The minimum Gasteiger partial charge on any atom is -0.476 e. The number of nitrogens with one attached hydrogen (secondary N) is 1. The van der Waals surface area contributed by atoms with Crippen molar-refractivity contribution in [2.45, 2.75) is 109 Å². The highest BCUT2D eigenvalue weighted by Gasteiger charge is 2.45. The van der Waals surface area contributed by atoms with E-state index in [4.69, 9.17) is 29.5 Å². The zero-order valence-electron chi connectivity index (χ0n) is 39.6. The normalized spacial score (nSPS) is 21.0. The first-order valence-corrected chi connectivity index (χ1v) is 25.3. The Morgan fingerprint density at radius 3 is 2.68 bits per heavy atom. The molecule has 0 spiro atoms. The van der Waals surface area contributed by atoms with Crippen molar-refractivity contribution in [1.29, 1.82) is 5.26 Å². The number of anilines is 2. The van der Waals surface area contributed by atoms with Gasteiger partial charge in [-0.15, -0.1) is 22.7 Å². The number of thiazole rings is 1. The van der Waals surface area contributed by atoms with Crippen LogP contribution in [0.1, 0.15) is 105 Å². The molecule has 3 aliphatic rings. The van der Waals surface area contributed by atoms with E-state index in [0.29, 0.717) is 58.7 Å². The van der Waals surface area contributed by atoms with Gasteiger partial charge in [0.15, 0.2) is 5.76 Å². The highest BCUT2D eigenvalue weighted by atomic mass is 32.1. The molecule has 18 nitrogen and oxygen atoms in total. The molecule has 1 unspecified atom stereocenters. The van der Waals surface area contributed by atoms with Gasteiger partial charge in [0.25, 0.3) is 5.88 Å². The van der Waals surface area contributed by atoms with Crippen molar-refractivity contribution >= 4 is 45.4 Å². The van der Waals surface area contributed by atoms with Crippen LogP contribution in [0, 0.1) is 24.2 Å². The fourth-order valence-electron chi connectivity index (χ4n) is 9.99. The van der Waals surface area contributed by atoms with Crippen LogP contribution < -0.4 is 20.7 Å². The predicted octanol–water partition coefficient (Wildman–Crippen LogP) is 6.49.